The second kappa shape index (κ2) is 4.90. The van der Waals surface area contributed by atoms with E-state index in [0.717, 1.165) is 16.7 Å². The molecule has 94 valence electrons. The Kier molecular flexibility index (Phi) is 2.94. The number of hydrogen-bond donors (Lipinski definition) is 2. The number of fused-ring (bicyclic) bond motifs is 1. The van der Waals surface area contributed by atoms with Gasteiger partial charge >= 0.3 is 0 Å². The van der Waals surface area contributed by atoms with Crippen LogP contribution >= 0.6 is 0 Å². The first kappa shape index (κ1) is 11.4. The van der Waals surface area contributed by atoms with Crippen LogP contribution in [0, 0.1) is 11.3 Å². The summed E-state index contributed by atoms with van der Waals surface area (Å²) >= 11 is 0. The minimum Gasteiger partial charge on any atom is -0.367 e. The van der Waals surface area contributed by atoms with Crippen LogP contribution in [0.5, 0.6) is 0 Å². The Labute approximate surface area is 109 Å². The Morgan fingerprint density at radius 3 is 3.05 bits per heavy atom. The Morgan fingerprint density at radius 2 is 2.21 bits per heavy atom. The van der Waals surface area contributed by atoms with Crippen molar-refractivity contribution in [2.75, 3.05) is 13.2 Å². The molecule has 19 heavy (non-hydrogen) atoms. The van der Waals surface area contributed by atoms with E-state index in [0.29, 0.717) is 31.3 Å². The maximum Gasteiger partial charge on any atom is 0.160 e. The van der Waals surface area contributed by atoms with Crippen molar-refractivity contribution >= 4 is 22.6 Å². The predicted octanol–water partition coefficient (Wildman–Crippen LogP) is 1.22. The molecule has 0 fully saturated rings. The molecule has 2 N–H and O–H groups in total. The predicted molar refractivity (Wildman–Crippen MR) is 73.2 cm³/mol. The molecule has 1 aromatic carbocycles. The van der Waals surface area contributed by atoms with Crippen molar-refractivity contribution in [3.05, 3.63) is 30.1 Å². The van der Waals surface area contributed by atoms with Gasteiger partial charge in [0.15, 0.2) is 11.7 Å². The zero-order valence-corrected chi connectivity index (χ0v) is 10.2. The van der Waals surface area contributed by atoms with E-state index in [4.69, 9.17) is 5.26 Å². The van der Waals surface area contributed by atoms with E-state index in [1.807, 2.05) is 24.3 Å². The van der Waals surface area contributed by atoms with E-state index in [1.54, 1.807) is 0 Å². The van der Waals surface area contributed by atoms with Gasteiger partial charge in [-0.15, -0.1) is 0 Å². The lowest BCUT2D eigenvalue weighted by molar-refractivity contribution is 0.899. The first-order valence-corrected chi connectivity index (χ1v) is 6.03. The van der Waals surface area contributed by atoms with E-state index >= 15 is 0 Å². The van der Waals surface area contributed by atoms with E-state index < -0.39 is 0 Å². The molecule has 1 aromatic heterocycles. The Hall–Kier alpha value is -2.68. The minimum atomic E-state index is 0.404. The molecule has 0 saturated carbocycles. The number of nitriles is 1. The molecule has 0 bridgehead atoms. The molecular weight excluding hydrogens is 240 g/mol. The highest BCUT2D eigenvalue weighted by Crippen LogP contribution is 2.12. The van der Waals surface area contributed by atoms with Crippen LogP contribution < -0.4 is 5.32 Å². The summed E-state index contributed by atoms with van der Waals surface area (Å²) in [6, 6.07) is 9.92. The number of aromatic nitrogens is 2. The zero-order chi connectivity index (χ0) is 13.1. The SMILES string of the molecule is N#CCCNC1=NCN=C1c1nc2ccccc2[nH]1. The number of aliphatic imine (C=N–C) groups is 2. The van der Waals surface area contributed by atoms with Crippen molar-refractivity contribution in [1.82, 2.24) is 15.3 Å². The number of amidine groups is 1. The van der Waals surface area contributed by atoms with Crippen molar-refractivity contribution in [1.29, 1.82) is 5.26 Å². The van der Waals surface area contributed by atoms with Crippen molar-refractivity contribution < 1.29 is 0 Å². The third-order valence-corrected chi connectivity index (χ3v) is 2.82. The first-order chi connectivity index (χ1) is 9.38. The van der Waals surface area contributed by atoms with Crippen LogP contribution in [-0.4, -0.2) is 34.7 Å². The monoisotopic (exact) mass is 252 g/mol. The van der Waals surface area contributed by atoms with Crippen molar-refractivity contribution in [3.63, 3.8) is 0 Å². The van der Waals surface area contributed by atoms with Gasteiger partial charge in [-0.1, -0.05) is 12.1 Å². The summed E-state index contributed by atoms with van der Waals surface area (Å²) in [5, 5.41) is 11.7. The number of para-hydroxylation sites is 2. The lowest BCUT2D eigenvalue weighted by Crippen LogP contribution is -2.31. The third kappa shape index (κ3) is 2.18. The van der Waals surface area contributed by atoms with Gasteiger partial charge < -0.3 is 10.3 Å². The third-order valence-electron chi connectivity index (χ3n) is 2.82. The van der Waals surface area contributed by atoms with Gasteiger partial charge in [0.05, 0.1) is 23.5 Å². The number of benzene rings is 1. The summed E-state index contributed by atoms with van der Waals surface area (Å²) in [5.41, 5.74) is 2.61. The molecule has 3 rings (SSSR count). The lowest BCUT2D eigenvalue weighted by atomic mass is 10.3. The first-order valence-electron chi connectivity index (χ1n) is 6.03. The minimum absolute atomic E-state index is 0.404. The van der Waals surface area contributed by atoms with E-state index in [-0.39, 0.29) is 0 Å². The van der Waals surface area contributed by atoms with Crippen LogP contribution in [0.15, 0.2) is 34.3 Å². The summed E-state index contributed by atoms with van der Waals surface area (Å²) in [5.74, 6) is 1.41. The topological polar surface area (TPSA) is 89.2 Å². The maximum atomic E-state index is 8.54. The standard InChI is InChI=1S/C13H12N6/c14-6-3-7-15-12-11(16-8-17-12)13-18-9-4-1-2-5-10(9)19-13/h1-2,4-5H,3,7-8H2,(H,15,17)(H,18,19). The largest absolute Gasteiger partial charge is 0.367 e. The second-order valence-electron chi connectivity index (χ2n) is 4.09. The van der Waals surface area contributed by atoms with Gasteiger partial charge in [0.25, 0.3) is 0 Å². The number of H-pyrrole nitrogens is 1. The molecule has 0 atom stereocenters. The van der Waals surface area contributed by atoms with Gasteiger partial charge in [-0.05, 0) is 12.1 Å². The molecule has 0 saturated heterocycles. The number of aromatic amines is 1. The highest BCUT2D eigenvalue weighted by atomic mass is 15.1. The summed E-state index contributed by atoms with van der Waals surface area (Å²) in [6.07, 6.45) is 0.437. The van der Waals surface area contributed by atoms with Crippen LogP contribution in [0.3, 0.4) is 0 Å². The van der Waals surface area contributed by atoms with Crippen molar-refractivity contribution in [3.8, 4) is 6.07 Å². The Bertz CT molecular complexity index is 670. The average Bonchev–Trinajstić information content (AvgIpc) is 3.04. The molecule has 6 heteroatoms. The van der Waals surface area contributed by atoms with Crippen LogP contribution in [-0.2, 0) is 0 Å². The zero-order valence-electron chi connectivity index (χ0n) is 10.2. The summed E-state index contributed by atoms with van der Waals surface area (Å²) < 4.78 is 0. The fourth-order valence-corrected chi connectivity index (χ4v) is 1.95. The second-order valence-corrected chi connectivity index (χ2v) is 4.09. The van der Waals surface area contributed by atoms with Gasteiger partial charge in [-0.3, -0.25) is 4.99 Å². The molecule has 1 aliphatic rings. The van der Waals surface area contributed by atoms with Gasteiger partial charge in [0.2, 0.25) is 0 Å². The van der Waals surface area contributed by atoms with E-state index in [1.165, 1.54) is 0 Å². The highest BCUT2D eigenvalue weighted by molar-refractivity contribution is 6.47. The fourth-order valence-electron chi connectivity index (χ4n) is 1.95. The number of imidazole rings is 1. The Morgan fingerprint density at radius 1 is 1.32 bits per heavy atom. The molecule has 2 heterocycles. The summed E-state index contributed by atoms with van der Waals surface area (Å²) in [4.78, 5) is 16.3. The van der Waals surface area contributed by atoms with Crippen LogP contribution in [0.2, 0.25) is 0 Å². The average molecular weight is 252 g/mol. The van der Waals surface area contributed by atoms with Crippen molar-refractivity contribution in [2.45, 2.75) is 6.42 Å². The van der Waals surface area contributed by atoms with Gasteiger partial charge in [-0.25, -0.2) is 9.98 Å². The molecule has 2 aromatic rings. The highest BCUT2D eigenvalue weighted by Gasteiger charge is 2.18. The maximum absolute atomic E-state index is 8.54. The van der Waals surface area contributed by atoms with E-state index in [9.17, 15) is 0 Å². The van der Waals surface area contributed by atoms with Gasteiger partial charge in [0.1, 0.15) is 12.4 Å². The van der Waals surface area contributed by atoms with Gasteiger partial charge in [-0.2, -0.15) is 5.26 Å². The number of hydrogen-bond acceptors (Lipinski definition) is 5. The van der Waals surface area contributed by atoms with Gasteiger partial charge in [0, 0.05) is 6.54 Å². The molecule has 0 aliphatic carbocycles. The summed E-state index contributed by atoms with van der Waals surface area (Å²) in [6.45, 7) is 0.968. The van der Waals surface area contributed by atoms with Crippen LogP contribution in [0.25, 0.3) is 11.0 Å². The summed E-state index contributed by atoms with van der Waals surface area (Å²) in [7, 11) is 0. The molecule has 0 amide bonds. The quantitative estimate of drug-likeness (QED) is 0.805. The molecule has 0 spiro atoms. The normalized spacial score (nSPS) is 14.1. The molecule has 1 aliphatic heterocycles. The van der Waals surface area contributed by atoms with Crippen LogP contribution in [0.1, 0.15) is 12.2 Å². The molecule has 0 unspecified atom stereocenters. The smallest absolute Gasteiger partial charge is 0.160 e. The van der Waals surface area contributed by atoms with E-state index in [2.05, 4.69) is 31.3 Å². The Balaban J connectivity index is 1.85. The number of rotatable bonds is 3. The van der Waals surface area contributed by atoms with Crippen molar-refractivity contribution in [2.24, 2.45) is 9.98 Å². The number of nitrogens with one attached hydrogen (secondary N) is 2. The lowest BCUT2D eigenvalue weighted by Gasteiger charge is -2.04. The molecular formula is C13H12N6. The fraction of sp³-hybridized carbons (Fsp3) is 0.231. The molecule has 0 radical (unpaired) electrons. The number of nitrogens with zero attached hydrogens (tertiary/aromatic N) is 4. The molecule has 6 nitrogen and oxygen atoms in total. The van der Waals surface area contributed by atoms with Crippen LogP contribution in [0.4, 0.5) is 0 Å².